The zero-order chi connectivity index (χ0) is 14.1. The van der Waals surface area contributed by atoms with Crippen LogP contribution >= 0.6 is 0 Å². The van der Waals surface area contributed by atoms with E-state index in [1.807, 2.05) is 36.4 Å². The highest BCUT2D eigenvalue weighted by atomic mass is 16.2. The van der Waals surface area contributed by atoms with E-state index in [1.54, 1.807) is 19.9 Å². The summed E-state index contributed by atoms with van der Waals surface area (Å²) >= 11 is 0. The lowest BCUT2D eigenvalue weighted by Gasteiger charge is -2.16. The molecule has 1 aromatic rings. The third kappa shape index (κ3) is 5.86. The van der Waals surface area contributed by atoms with Gasteiger partial charge in [0.25, 0.3) is 0 Å². The number of carbonyl (C=O) groups is 2. The van der Waals surface area contributed by atoms with E-state index >= 15 is 0 Å². The SMILES string of the molecule is CCC(=O)NC(/C=C/c1ccccc1)NC(=O)CC. The summed E-state index contributed by atoms with van der Waals surface area (Å²) in [5, 5.41) is 5.49. The average molecular weight is 260 g/mol. The van der Waals surface area contributed by atoms with Gasteiger partial charge in [-0.2, -0.15) is 0 Å². The van der Waals surface area contributed by atoms with Crippen molar-refractivity contribution in [2.75, 3.05) is 0 Å². The van der Waals surface area contributed by atoms with E-state index in [1.165, 1.54) is 0 Å². The molecular formula is C15H20N2O2. The molecule has 1 rings (SSSR count). The van der Waals surface area contributed by atoms with Crippen LogP contribution in [-0.4, -0.2) is 18.0 Å². The number of carbonyl (C=O) groups excluding carboxylic acids is 2. The summed E-state index contributed by atoms with van der Waals surface area (Å²) in [6.07, 6.45) is 3.95. The number of amides is 2. The Kier molecular flexibility index (Phi) is 6.36. The summed E-state index contributed by atoms with van der Waals surface area (Å²) in [7, 11) is 0. The molecule has 2 N–H and O–H groups in total. The molecule has 0 radical (unpaired) electrons. The minimum Gasteiger partial charge on any atom is -0.333 e. The van der Waals surface area contributed by atoms with E-state index in [0.717, 1.165) is 5.56 Å². The number of nitrogens with one attached hydrogen (secondary N) is 2. The molecule has 0 unspecified atom stereocenters. The second-order valence-electron chi connectivity index (χ2n) is 4.09. The van der Waals surface area contributed by atoms with Gasteiger partial charge >= 0.3 is 0 Å². The summed E-state index contributed by atoms with van der Waals surface area (Å²) in [5.74, 6) is -0.196. The van der Waals surface area contributed by atoms with Crippen molar-refractivity contribution in [3.63, 3.8) is 0 Å². The smallest absolute Gasteiger partial charge is 0.221 e. The largest absolute Gasteiger partial charge is 0.333 e. The maximum absolute atomic E-state index is 11.4. The summed E-state index contributed by atoms with van der Waals surface area (Å²) in [5.41, 5.74) is 1.02. The zero-order valence-electron chi connectivity index (χ0n) is 11.3. The minimum absolute atomic E-state index is 0.0980. The molecule has 4 heteroatoms. The third-order valence-corrected chi connectivity index (χ3v) is 2.56. The van der Waals surface area contributed by atoms with Crippen LogP contribution in [-0.2, 0) is 9.59 Å². The lowest BCUT2D eigenvalue weighted by Crippen LogP contribution is -2.46. The first-order valence-electron chi connectivity index (χ1n) is 6.47. The molecule has 0 aliphatic heterocycles. The average Bonchev–Trinajstić information content (AvgIpc) is 2.45. The fourth-order valence-corrected chi connectivity index (χ4v) is 1.45. The molecule has 0 aromatic heterocycles. The van der Waals surface area contributed by atoms with Gasteiger partial charge in [-0.3, -0.25) is 9.59 Å². The Balaban J connectivity index is 2.70. The molecule has 0 saturated carbocycles. The standard InChI is InChI=1S/C15H20N2O2/c1-3-14(18)16-13(17-15(19)4-2)11-10-12-8-6-5-7-9-12/h5-11,13H,3-4H2,1-2H3,(H,16,18)(H,17,19)/b11-10+. The van der Waals surface area contributed by atoms with Gasteiger partial charge in [0.15, 0.2) is 0 Å². The lowest BCUT2D eigenvalue weighted by atomic mass is 10.2. The van der Waals surface area contributed by atoms with Crippen LogP contribution in [0.25, 0.3) is 6.08 Å². The first-order chi connectivity index (χ1) is 9.15. The van der Waals surface area contributed by atoms with Crippen LogP contribution in [0.15, 0.2) is 36.4 Å². The Hall–Kier alpha value is -2.10. The van der Waals surface area contributed by atoms with Crippen LogP contribution in [0, 0.1) is 0 Å². The predicted molar refractivity (Wildman–Crippen MR) is 76.1 cm³/mol. The van der Waals surface area contributed by atoms with Crippen molar-refractivity contribution < 1.29 is 9.59 Å². The fraction of sp³-hybridized carbons (Fsp3) is 0.333. The molecule has 0 atom stereocenters. The molecule has 19 heavy (non-hydrogen) atoms. The monoisotopic (exact) mass is 260 g/mol. The van der Waals surface area contributed by atoms with E-state index in [4.69, 9.17) is 0 Å². The summed E-state index contributed by atoms with van der Waals surface area (Å²) in [6, 6.07) is 9.72. The van der Waals surface area contributed by atoms with Crippen molar-refractivity contribution in [1.82, 2.24) is 10.6 Å². The highest BCUT2D eigenvalue weighted by molar-refractivity contribution is 5.79. The van der Waals surface area contributed by atoms with Crippen LogP contribution in [0.1, 0.15) is 32.3 Å². The molecule has 4 nitrogen and oxygen atoms in total. The van der Waals surface area contributed by atoms with Crippen molar-refractivity contribution in [3.8, 4) is 0 Å². The van der Waals surface area contributed by atoms with Gasteiger partial charge < -0.3 is 10.6 Å². The van der Waals surface area contributed by atoms with Crippen LogP contribution in [0.4, 0.5) is 0 Å². The number of rotatable bonds is 6. The molecule has 0 aliphatic rings. The molecule has 0 saturated heterocycles. The van der Waals surface area contributed by atoms with Crippen LogP contribution in [0.3, 0.4) is 0 Å². The van der Waals surface area contributed by atoms with E-state index in [2.05, 4.69) is 10.6 Å². The first-order valence-corrected chi connectivity index (χ1v) is 6.47. The van der Waals surface area contributed by atoms with Crippen molar-refractivity contribution >= 4 is 17.9 Å². The summed E-state index contributed by atoms with van der Waals surface area (Å²) in [4.78, 5) is 22.8. The second-order valence-corrected chi connectivity index (χ2v) is 4.09. The molecule has 1 aromatic carbocycles. The Morgan fingerprint density at radius 2 is 1.58 bits per heavy atom. The van der Waals surface area contributed by atoms with Crippen molar-refractivity contribution in [2.24, 2.45) is 0 Å². The van der Waals surface area contributed by atoms with E-state index in [0.29, 0.717) is 12.8 Å². The number of hydrogen-bond acceptors (Lipinski definition) is 2. The van der Waals surface area contributed by atoms with Gasteiger partial charge in [0, 0.05) is 12.8 Å². The lowest BCUT2D eigenvalue weighted by molar-refractivity contribution is -0.123. The van der Waals surface area contributed by atoms with Crippen LogP contribution in [0.5, 0.6) is 0 Å². The minimum atomic E-state index is -0.472. The number of hydrogen-bond donors (Lipinski definition) is 2. The van der Waals surface area contributed by atoms with E-state index in [9.17, 15) is 9.59 Å². The van der Waals surface area contributed by atoms with E-state index in [-0.39, 0.29) is 11.8 Å². The molecule has 2 amide bonds. The molecule has 102 valence electrons. The Morgan fingerprint density at radius 1 is 1.05 bits per heavy atom. The van der Waals surface area contributed by atoms with Crippen LogP contribution in [0.2, 0.25) is 0 Å². The van der Waals surface area contributed by atoms with Crippen molar-refractivity contribution in [2.45, 2.75) is 32.9 Å². The zero-order valence-corrected chi connectivity index (χ0v) is 11.3. The first kappa shape index (κ1) is 15.0. The highest BCUT2D eigenvalue weighted by Crippen LogP contribution is 2.01. The van der Waals surface area contributed by atoms with Crippen molar-refractivity contribution in [3.05, 3.63) is 42.0 Å². The van der Waals surface area contributed by atoms with Gasteiger partial charge in [-0.1, -0.05) is 50.3 Å². The predicted octanol–water partition coefficient (Wildman–Crippen LogP) is 2.08. The Labute approximate surface area is 113 Å². The quantitative estimate of drug-likeness (QED) is 0.769. The fourth-order valence-electron chi connectivity index (χ4n) is 1.45. The molecule has 0 aliphatic carbocycles. The van der Waals surface area contributed by atoms with Gasteiger partial charge in [0.1, 0.15) is 6.17 Å². The van der Waals surface area contributed by atoms with Gasteiger partial charge in [0.2, 0.25) is 11.8 Å². The van der Waals surface area contributed by atoms with Crippen LogP contribution < -0.4 is 10.6 Å². The third-order valence-electron chi connectivity index (χ3n) is 2.56. The summed E-state index contributed by atoms with van der Waals surface area (Å²) < 4.78 is 0. The molecule has 0 heterocycles. The topological polar surface area (TPSA) is 58.2 Å². The highest BCUT2D eigenvalue weighted by Gasteiger charge is 2.09. The van der Waals surface area contributed by atoms with Gasteiger partial charge in [-0.15, -0.1) is 0 Å². The van der Waals surface area contributed by atoms with Gasteiger partial charge in [-0.05, 0) is 11.6 Å². The van der Waals surface area contributed by atoms with Crippen molar-refractivity contribution in [1.29, 1.82) is 0 Å². The molecule has 0 spiro atoms. The molecular weight excluding hydrogens is 240 g/mol. The normalized spacial score (nSPS) is 10.7. The van der Waals surface area contributed by atoms with Gasteiger partial charge in [-0.25, -0.2) is 0 Å². The molecule has 0 bridgehead atoms. The Morgan fingerprint density at radius 3 is 2.05 bits per heavy atom. The maximum Gasteiger partial charge on any atom is 0.221 e. The summed E-state index contributed by atoms with van der Waals surface area (Å²) in [6.45, 7) is 3.55. The van der Waals surface area contributed by atoms with Gasteiger partial charge in [0.05, 0.1) is 0 Å². The second kappa shape index (κ2) is 8.08. The van der Waals surface area contributed by atoms with E-state index < -0.39 is 6.17 Å². The Bertz CT molecular complexity index is 423. The number of benzene rings is 1. The molecule has 0 fully saturated rings. The maximum atomic E-state index is 11.4.